The van der Waals surface area contributed by atoms with E-state index in [1.54, 1.807) is 0 Å². The Labute approximate surface area is 77.5 Å². The Morgan fingerprint density at radius 3 is 1.40 bits per heavy atom. The van der Waals surface area contributed by atoms with Gasteiger partial charge in [-0.1, -0.05) is 19.4 Å². The lowest BCUT2D eigenvalue weighted by Crippen LogP contribution is -2.44. The van der Waals surface area contributed by atoms with Crippen LogP contribution in [0.25, 0.3) is 0 Å². The molecule has 0 spiro atoms. The summed E-state index contributed by atoms with van der Waals surface area (Å²) in [6.45, 7) is 0. The van der Waals surface area contributed by atoms with Crippen LogP contribution in [0, 0.1) is 0 Å². The summed E-state index contributed by atoms with van der Waals surface area (Å²) >= 11 is 0. The fraction of sp³-hybridized carbons (Fsp3) is 1.00. The molecule has 0 heterocycles. The molecule has 0 aromatic carbocycles. The minimum atomic E-state index is -11.4. The van der Waals surface area contributed by atoms with Crippen molar-refractivity contribution in [3.8, 4) is 0 Å². The van der Waals surface area contributed by atoms with Crippen molar-refractivity contribution in [2.45, 2.75) is 10.8 Å². The van der Waals surface area contributed by atoms with Crippen LogP contribution in [0.2, 0.25) is 0 Å². The van der Waals surface area contributed by atoms with E-state index in [1.807, 2.05) is 0 Å². The van der Waals surface area contributed by atoms with E-state index in [1.165, 1.54) is 0 Å². The van der Waals surface area contributed by atoms with Crippen molar-refractivity contribution in [2.24, 2.45) is 0 Å². The number of rotatable bonds is 3. The third-order valence-electron chi connectivity index (χ3n) is 0.999. The number of halogens is 8. The standard InChI is InChI=1S/C2H2F8O3S2/c3-1(15(6,7,8,9)10)2(4,5)14(11,12)13/h1H,(H,11,12,13). The minimum absolute atomic E-state index is 6.27. The Kier molecular flexibility index (Phi) is 2.45. The van der Waals surface area contributed by atoms with Crippen molar-refractivity contribution >= 4 is 20.3 Å². The number of hydrogen-bond acceptors (Lipinski definition) is 2. The molecule has 0 rings (SSSR count). The fourth-order valence-electron chi connectivity index (χ4n) is 0.376. The van der Waals surface area contributed by atoms with E-state index in [0.717, 1.165) is 0 Å². The predicted molar refractivity (Wildman–Crippen MR) is 34.5 cm³/mol. The van der Waals surface area contributed by atoms with E-state index in [9.17, 15) is 41.0 Å². The summed E-state index contributed by atoms with van der Waals surface area (Å²) in [6, 6.07) is 0. The van der Waals surface area contributed by atoms with E-state index >= 15 is 0 Å². The van der Waals surface area contributed by atoms with Gasteiger partial charge in [0.15, 0.2) is 0 Å². The maximum absolute atomic E-state index is 11.9. The van der Waals surface area contributed by atoms with Crippen molar-refractivity contribution < 1.29 is 45.6 Å². The zero-order valence-electron chi connectivity index (χ0n) is 6.18. The lowest BCUT2D eigenvalue weighted by Gasteiger charge is -2.43. The molecule has 0 aliphatic rings. The molecule has 0 radical (unpaired) electrons. The van der Waals surface area contributed by atoms with Gasteiger partial charge in [-0.15, -0.1) is 0 Å². The molecule has 0 amide bonds. The molecular formula is C2H2F8O3S2. The van der Waals surface area contributed by atoms with Crippen LogP contribution in [0.4, 0.5) is 32.6 Å². The third-order valence-corrected chi connectivity index (χ3v) is 3.12. The highest BCUT2D eigenvalue weighted by molar-refractivity contribution is 8.46. The van der Waals surface area contributed by atoms with Gasteiger partial charge >= 0.3 is 31.1 Å². The molecule has 0 aliphatic heterocycles. The van der Waals surface area contributed by atoms with Crippen LogP contribution in [0.5, 0.6) is 0 Å². The van der Waals surface area contributed by atoms with Gasteiger partial charge < -0.3 is 0 Å². The molecule has 15 heavy (non-hydrogen) atoms. The molecule has 3 nitrogen and oxygen atoms in total. The first kappa shape index (κ1) is 14.7. The Hall–Kier alpha value is -0.300. The lowest BCUT2D eigenvalue weighted by molar-refractivity contribution is 0.0154. The first-order chi connectivity index (χ1) is 5.89. The van der Waals surface area contributed by atoms with Gasteiger partial charge in [0, 0.05) is 0 Å². The van der Waals surface area contributed by atoms with Crippen LogP contribution in [0.3, 0.4) is 0 Å². The Morgan fingerprint density at radius 1 is 1.07 bits per heavy atom. The Bertz CT molecular complexity index is 363. The zero-order valence-corrected chi connectivity index (χ0v) is 7.81. The smallest absolute Gasteiger partial charge is 0.281 e. The Morgan fingerprint density at radius 2 is 1.33 bits per heavy atom. The van der Waals surface area contributed by atoms with Crippen molar-refractivity contribution in [3.05, 3.63) is 0 Å². The molecule has 0 saturated heterocycles. The van der Waals surface area contributed by atoms with Crippen molar-refractivity contribution in [2.75, 3.05) is 0 Å². The topological polar surface area (TPSA) is 54.4 Å². The van der Waals surface area contributed by atoms with Gasteiger partial charge in [-0.25, -0.2) is 4.39 Å². The van der Waals surface area contributed by atoms with Gasteiger partial charge in [-0.05, 0) is 0 Å². The van der Waals surface area contributed by atoms with Gasteiger partial charge in [0.05, 0.1) is 0 Å². The molecular weight excluding hydrogens is 288 g/mol. The van der Waals surface area contributed by atoms with Crippen molar-refractivity contribution in [1.82, 2.24) is 0 Å². The first-order valence-electron chi connectivity index (χ1n) is 2.61. The molecule has 0 saturated carbocycles. The third kappa shape index (κ3) is 3.07. The summed E-state index contributed by atoms with van der Waals surface area (Å²) in [5.41, 5.74) is -6.27. The minimum Gasteiger partial charge on any atom is -0.281 e. The normalized spacial score (nSPS) is 21.7. The van der Waals surface area contributed by atoms with E-state index < -0.39 is 31.1 Å². The van der Waals surface area contributed by atoms with Gasteiger partial charge in [-0.3, -0.25) is 4.55 Å². The largest absolute Gasteiger partial charge is 0.418 e. The van der Waals surface area contributed by atoms with Gasteiger partial charge in [0.25, 0.3) is 0 Å². The van der Waals surface area contributed by atoms with Crippen LogP contribution < -0.4 is 0 Å². The van der Waals surface area contributed by atoms with Gasteiger partial charge in [0.1, 0.15) is 0 Å². The van der Waals surface area contributed by atoms with Crippen molar-refractivity contribution in [3.63, 3.8) is 0 Å². The first-order valence-corrected chi connectivity index (χ1v) is 6.07. The van der Waals surface area contributed by atoms with Crippen LogP contribution >= 0.6 is 10.2 Å². The summed E-state index contributed by atoms with van der Waals surface area (Å²) < 4.78 is 119. The van der Waals surface area contributed by atoms with E-state index in [2.05, 4.69) is 0 Å². The summed E-state index contributed by atoms with van der Waals surface area (Å²) in [6.07, 6.45) is 0. The second-order valence-corrected chi connectivity index (χ2v) is 6.35. The number of alkyl halides is 3. The fourth-order valence-corrected chi connectivity index (χ4v) is 2.04. The average molecular weight is 290 g/mol. The molecule has 1 unspecified atom stereocenters. The highest BCUT2D eigenvalue weighted by Crippen LogP contribution is 3.01. The second kappa shape index (κ2) is 2.51. The molecule has 1 atom stereocenters. The molecule has 0 bridgehead atoms. The maximum Gasteiger partial charge on any atom is 0.418 e. The van der Waals surface area contributed by atoms with Gasteiger partial charge in [0.2, 0.25) is 0 Å². The summed E-state index contributed by atoms with van der Waals surface area (Å²) in [5, 5.41) is -6.66. The van der Waals surface area contributed by atoms with E-state index in [0.29, 0.717) is 0 Å². The molecule has 0 aromatic heterocycles. The average Bonchev–Trinajstić information content (AvgIpc) is 1.77. The molecule has 0 aromatic rings. The lowest BCUT2D eigenvalue weighted by atomic mass is 10.8. The Balaban J connectivity index is 5.73. The van der Waals surface area contributed by atoms with Crippen LogP contribution in [-0.4, -0.2) is 23.7 Å². The highest BCUT2D eigenvalue weighted by Gasteiger charge is 2.81. The number of hydrogen-bond donors (Lipinski definition) is 1. The van der Waals surface area contributed by atoms with Gasteiger partial charge in [-0.2, -0.15) is 17.2 Å². The summed E-state index contributed by atoms with van der Waals surface area (Å²) in [7, 11) is -18.3. The second-order valence-electron chi connectivity index (χ2n) is 2.38. The quantitative estimate of drug-likeness (QED) is 0.642. The molecule has 13 heteroatoms. The zero-order chi connectivity index (χ0) is 13.0. The van der Waals surface area contributed by atoms with Crippen LogP contribution in [-0.2, 0) is 10.1 Å². The maximum atomic E-state index is 11.9. The molecule has 1 N–H and O–H groups in total. The predicted octanol–water partition coefficient (Wildman–Crippen LogP) is 3.06. The summed E-state index contributed by atoms with van der Waals surface area (Å²) in [4.78, 5) is 0. The van der Waals surface area contributed by atoms with Crippen LogP contribution in [0.15, 0.2) is 0 Å². The van der Waals surface area contributed by atoms with Crippen molar-refractivity contribution in [1.29, 1.82) is 0 Å². The molecule has 96 valence electrons. The highest BCUT2D eigenvalue weighted by atomic mass is 32.5. The molecule has 0 fully saturated rings. The van der Waals surface area contributed by atoms with Crippen LogP contribution in [0.1, 0.15) is 0 Å². The molecule has 0 aliphatic carbocycles. The monoisotopic (exact) mass is 290 g/mol. The van der Waals surface area contributed by atoms with E-state index in [-0.39, 0.29) is 0 Å². The SMILES string of the molecule is O=S(=O)(O)C(F)(F)C(F)S(F)(F)(F)(F)F. The van der Waals surface area contributed by atoms with E-state index in [4.69, 9.17) is 4.55 Å². The summed E-state index contributed by atoms with van der Waals surface area (Å²) in [5.74, 6) is 0.